The van der Waals surface area contributed by atoms with Gasteiger partial charge in [0.25, 0.3) is 0 Å². The molecule has 0 aromatic heterocycles. The van der Waals surface area contributed by atoms with Gasteiger partial charge in [0.15, 0.2) is 0 Å². The Bertz CT molecular complexity index is 215. The van der Waals surface area contributed by atoms with Crippen molar-refractivity contribution in [1.29, 1.82) is 0 Å². The summed E-state index contributed by atoms with van der Waals surface area (Å²) < 4.78 is 0. The molecular formula is C13H26N2OS. The Labute approximate surface area is 109 Å². The van der Waals surface area contributed by atoms with Gasteiger partial charge in [-0.15, -0.1) is 0 Å². The smallest absolute Gasteiger partial charge is 0.237 e. The molecule has 1 fully saturated rings. The first-order valence-electron chi connectivity index (χ1n) is 6.85. The van der Waals surface area contributed by atoms with Gasteiger partial charge in [-0.25, -0.2) is 0 Å². The molecule has 0 bridgehead atoms. The van der Waals surface area contributed by atoms with Crippen molar-refractivity contribution in [1.82, 2.24) is 10.6 Å². The fourth-order valence-electron chi connectivity index (χ4n) is 2.07. The fourth-order valence-corrected chi connectivity index (χ4v) is 2.88. The number of amides is 1. The minimum absolute atomic E-state index is 0.0405. The minimum Gasteiger partial charge on any atom is -0.352 e. The molecule has 0 spiro atoms. The van der Waals surface area contributed by atoms with Gasteiger partial charge >= 0.3 is 0 Å². The van der Waals surface area contributed by atoms with E-state index in [4.69, 9.17) is 0 Å². The van der Waals surface area contributed by atoms with Gasteiger partial charge in [0.05, 0.1) is 6.04 Å². The molecule has 2 unspecified atom stereocenters. The second-order valence-electron chi connectivity index (χ2n) is 4.75. The van der Waals surface area contributed by atoms with Crippen LogP contribution in [0.4, 0.5) is 0 Å². The maximum Gasteiger partial charge on any atom is 0.237 e. The van der Waals surface area contributed by atoms with Crippen LogP contribution in [0.2, 0.25) is 0 Å². The molecule has 17 heavy (non-hydrogen) atoms. The summed E-state index contributed by atoms with van der Waals surface area (Å²) in [6, 6.07) is 0.338. The van der Waals surface area contributed by atoms with Crippen LogP contribution >= 0.6 is 11.8 Å². The molecule has 2 N–H and O–H groups in total. The summed E-state index contributed by atoms with van der Waals surface area (Å²) in [6.45, 7) is 5.26. The third kappa shape index (κ3) is 6.32. The molecule has 0 saturated carbocycles. The highest BCUT2D eigenvalue weighted by molar-refractivity contribution is 7.99. The van der Waals surface area contributed by atoms with Gasteiger partial charge in [0.2, 0.25) is 5.91 Å². The lowest BCUT2D eigenvalue weighted by Crippen LogP contribution is -2.46. The molecule has 1 saturated heterocycles. The van der Waals surface area contributed by atoms with Gasteiger partial charge in [-0.05, 0) is 44.2 Å². The normalized spacial score (nSPS) is 22.8. The van der Waals surface area contributed by atoms with Crippen LogP contribution < -0.4 is 10.6 Å². The van der Waals surface area contributed by atoms with Crippen molar-refractivity contribution in [3.8, 4) is 0 Å². The number of carbonyl (C=O) groups excluding carboxylic acids is 1. The van der Waals surface area contributed by atoms with E-state index in [2.05, 4.69) is 24.5 Å². The van der Waals surface area contributed by atoms with Gasteiger partial charge in [-0.2, -0.15) is 11.8 Å². The predicted molar refractivity (Wildman–Crippen MR) is 75.5 cm³/mol. The maximum atomic E-state index is 12.0. The number of rotatable bonds is 6. The van der Waals surface area contributed by atoms with Crippen molar-refractivity contribution in [2.24, 2.45) is 0 Å². The lowest BCUT2D eigenvalue weighted by Gasteiger charge is -2.19. The molecule has 0 aliphatic carbocycles. The second-order valence-corrected chi connectivity index (χ2v) is 6.15. The van der Waals surface area contributed by atoms with Crippen molar-refractivity contribution < 1.29 is 4.79 Å². The van der Waals surface area contributed by atoms with E-state index >= 15 is 0 Å². The summed E-state index contributed by atoms with van der Waals surface area (Å²) in [5.41, 5.74) is 0. The van der Waals surface area contributed by atoms with Gasteiger partial charge in [-0.1, -0.05) is 19.8 Å². The van der Waals surface area contributed by atoms with Crippen LogP contribution in [0.15, 0.2) is 0 Å². The summed E-state index contributed by atoms with van der Waals surface area (Å²) in [4.78, 5) is 12.0. The van der Waals surface area contributed by atoms with Gasteiger partial charge in [0.1, 0.15) is 0 Å². The Morgan fingerprint density at radius 2 is 2.29 bits per heavy atom. The zero-order valence-corrected chi connectivity index (χ0v) is 11.9. The van der Waals surface area contributed by atoms with Crippen LogP contribution in [-0.4, -0.2) is 36.0 Å². The minimum atomic E-state index is 0.0405. The summed E-state index contributed by atoms with van der Waals surface area (Å²) in [5, 5.41) is 6.46. The van der Waals surface area contributed by atoms with Gasteiger partial charge < -0.3 is 10.6 Å². The first-order valence-corrected chi connectivity index (χ1v) is 8.01. The Balaban J connectivity index is 2.21. The zero-order chi connectivity index (χ0) is 12.5. The number of carbonyl (C=O) groups is 1. The zero-order valence-electron chi connectivity index (χ0n) is 11.1. The summed E-state index contributed by atoms with van der Waals surface area (Å²) in [7, 11) is 0. The first kappa shape index (κ1) is 14.8. The van der Waals surface area contributed by atoms with Crippen LogP contribution in [0, 0.1) is 0 Å². The predicted octanol–water partition coefficient (Wildman–Crippen LogP) is 2.17. The molecule has 2 atom stereocenters. The molecule has 0 radical (unpaired) electrons. The third-order valence-electron chi connectivity index (χ3n) is 3.16. The maximum absolute atomic E-state index is 12.0. The topological polar surface area (TPSA) is 41.1 Å². The largest absolute Gasteiger partial charge is 0.352 e. The third-order valence-corrected chi connectivity index (χ3v) is 4.10. The van der Waals surface area contributed by atoms with E-state index in [0.717, 1.165) is 30.9 Å². The lowest BCUT2D eigenvalue weighted by molar-refractivity contribution is -0.123. The van der Waals surface area contributed by atoms with Crippen molar-refractivity contribution in [3.05, 3.63) is 0 Å². The molecule has 1 rings (SSSR count). The average molecular weight is 258 g/mol. The molecule has 100 valence electrons. The van der Waals surface area contributed by atoms with E-state index in [0.29, 0.717) is 6.04 Å². The SMILES string of the molecule is CCSCCC(C)NC(=O)C1CCCCCN1. The van der Waals surface area contributed by atoms with E-state index in [1.807, 2.05) is 11.8 Å². The van der Waals surface area contributed by atoms with Gasteiger partial charge in [-0.3, -0.25) is 4.79 Å². The average Bonchev–Trinajstić information content (AvgIpc) is 2.57. The Morgan fingerprint density at radius 1 is 1.47 bits per heavy atom. The molecule has 0 aromatic rings. The molecule has 1 aliphatic heterocycles. The standard InChI is InChI=1S/C13H26N2OS/c1-3-17-10-8-11(2)15-13(16)12-7-5-4-6-9-14-12/h11-12,14H,3-10H2,1-2H3,(H,15,16). The summed E-state index contributed by atoms with van der Waals surface area (Å²) >= 11 is 1.94. The van der Waals surface area contributed by atoms with E-state index in [1.165, 1.54) is 19.3 Å². The quantitative estimate of drug-likeness (QED) is 0.717. The van der Waals surface area contributed by atoms with E-state index in [9.17, 15) is 4.79 Å². The van der Waals surface area contributed by atoms with Crippen LogP contribution in [-0.2, 0) is 4.79 Å². The Kier molecular flexibility index (Phi) is 7.69. The molecule has 3 nitrogen and oxygen atoms in total. The lowest BCUT2D eigenvalue weighted by atomic mass is 10.1. The summed E-state index contributed by atoms with van der Waals surface area (Å²) in [6.07, 6.45) is 5.68. The van der Waals surface area contributed by atoms with Crippen molar-refractivity contribution in [2.45, 2.75) is 58.0 Å². The monoisotopic (exact) mass is 258 g/mol. The second kappa shape index (κ2) is 8.81. The number of hydrogen-bond donors (Lipinski definition) is 2. The van der Waals surface area contributed by atoms with Crippen molar-refractivity contribution in [3.63, 3.8) is 0 Å². The molecule has 1 amide bonds. The molecular weight excluding hydrogens is 232 g/mol. The summed E-state index contributed by atoms with van der Waals surface area (Å²) in [5.74, 6) is 2.49. The highest BCUT2D eigenvalue weighted by atomic mass is 32.2. The van der Waals surface area contributed by atoms with E-state index < -0.39 is 0 Å². The molecule has 1 heterocycles. The Hall–Kier alpha value is -0.220. The van der Waals surface area contributed by atoms with Crippen molar-refractivity contribution >= 4 is 17.7 Å². The molecule has 1 aliphatic rings. The Morgan fingerprint density at radius 3 is 3.06 bits per heavy atom. The number of hydrogen-bond acceptors (Lipinski definition) is 3. The van der Waals surface area contributed by atoms with Crippen LogP contribution in [0.3, 0.4) is 0 Å². The van der Waals surface area contributed by atoms with E-state index in [1.54, 1.807) is 0 Å². The van der Waals surface area contributed by atoms with Crippen LogP contribution in [0.5, 0.6) is 0 Å². The number of thioether (sulfide) groups is 1. The highest BCUT2D eigenvalue weighted by Crippen LogP contribution is 2.09. The highest BCUT2D eigenvalue weighted by Gasteiger charge is 2.20. The molecule has 4 heteroatoms. The molecule has 0 aromatic carbocycles. The van der Waals surface area contributed by atoms with Gasteiger partial charge in [0, 0.05) is 6.04 Å². The fraction of sp³-hybridized carbons (Fsp3) is 0.923. The number of nitrogens with one attached hydrogen (secondary N) is 2. The van der Waals surface area contributed by atoms with Crippen LogP contribution in [0.1, 0.15) is 46.0 Å². The first-order chi connectivity index (χ1) is 8.24. The van der Waals surface area contributed by atoms with Crippen LogP contribution in [0.25, 0.3) is 0 Å². The van der Waals surface area contributed by atoms with E-state index in [-0.39, 0.29) is 11.9 Å². The van der Waals surface area contributed by atoms with Crippen molar-refractivity contribution in [2.75, 3.05) is 18.1 Å².